The highest BCUT2D eigenvalue weighted by molar-refractivity contribution is 5.46. The van der Waals surface area contributed by atoms with Crippen molar-refractivity contribution in [3.05, 3.63) is 66.2 Å². The van der Waals surface area contributed by atoms with Gasteiger partial charge in [-0.05, 0) is 37.0 Å². The molecule has 0 N–H and O–H groups in total. The van der Waals surface area contributed by atoms with E-state index in [1.807, 2.05) is 0 Å². The van der Waals surface area contributed by atoms with E-state index in [1.165, 1.54) is 11.3 Å². The summed E-state index contributed by atoms with van der Waals surface area (Å²) in [7, 11) is 0. The second-order valence-electron chi connectivity index (χ2n) is 7.37. The maximum Gasteiger partial charge on any atom is 0.0881 e. The van der Waals surface area contributed by atoms with Crippen LogP contribution in [0.3, 0.4) is 0 Å². The molecule has 2 fully saturated rings. The van der Waals surface area contributed by atoms with Crippen LogP contribution in [0.1, 0.15) is 18.4 Å². The fourth-order valence-corrected chi connectivity index (χ4v) is 4.12. The minimum Gasteiger partial charge on any atom is -0.371 e. The molecule has 0 bridgehead atoms. The summed E-state index contributed by atoms with van der Waals surface area (Å²) in [5.41, 5.74) is 2.82. The van der Waals surface area contributed by atoms with Crippen molar-refractivity contribution in [2.75, 3.05) is 44.2 Å². The predicted octanol–water partition coefficient (Wildman–Crippen LogP) is 3.60. The molecule has 2 aliphatic heterocycles. The van der Waals surface area contributed by atoms with Gasteiger partial charge in [-0.15, -0.1) is 0 Å². The molecule has 0 radical (unpaired) electrons. The fourth-order valence-electron chi connectivity index (χ4n) is 4.12. The number of piperidine rings is 1. The largest absolute Gasteiger partial charge is 0.371 e. The van der Waals surface area contributed by atoms with Crippen molar-refractivity contribution in [3.8, 4) is 0 Å². The van der Waals surface area contributed by atoms with E-state index < -0.39 is 0 Å². The Balaban J connectivity index is 1.31. The van der Waals surface area contributed by atoms with E-state index in [4.69, 9.17) is 4.74 Å². The molecule has 0 aliphatic carbocycles. The first-order valence-corrected chi connectivity index (χ1v) is 9.53. The van der Waals surface area contributed by atoms with E-state index in [0.29, 0.717) is 0 Å². The molecule has 3 nitrogen and oxygen atoms in total. The summed E-state index contributed by atoms with van der Waals surface area (Å²) < 4.78 is 6.30. The number of anilines is 1. The fraction of sp³-hybridized carbons (Fsp3) is 0.455. The lowest BCUT2D eigenvalue weighted by atomic mass is 9.89. The predicted molar refractivity (Wildman–Crippen MR) is 103 cm³/mol. The van der Waals surface area contributed by atoms with Crippen molar-refractivity contribution in [1.82, 2.24) is 4.90 Å². The molecule has 0 aromatic heterocycles. The summed E-state index contributed by atoms with van der Waals surface area (Å²) in [6, 6.07) is 21.6. The van der Waals surface area contributed by atoms with Gasteiger partial charge in [-0.25, -0.2) is 0 Å². The van der Waals surface area contributed by atoms with Crippen molar-refractivity contribution in [2.45, 2.75) is 24.9 Å². The lowest BCUT2D eigenvalue weighted by Crippen LogP contribution is -2.57. The molecule has 0 atom stereocenters. The highest BCUT2D eigenvalue weighted by atomic mass is 16.5. The zero-order valence-electron chi connectivity index (χ0n) is 14.9. The Bertz CT molecular complexity index is 650. The van der Waals surface area contributed by atoms with Crippen molar-refractivity contribution in [2.24, 2.45) is 0 Å². The number of ether oxygens (including phenoxy) is 1. The monoisotopic (exact) mass is 336 g/mol. The molecule has 0 unspecified atom stereocenters. The van der Waals surface area contributed by atoms with E-state index in [2.05, 4.69) is 70.5 Å². The summed E-state index contributed by atoms with van der Waals surface area (Å²) >= 11 is 0. The van der Waals surface area contributed by atoms with Crippen LogP contribution in [-0.4, -0.2) is 49.8 Å². The Kier molecular flexibility index (Phi) is 5.04. The van der Waals surface area contributed by atoms with E-state index in [9.17, 15) is 0 Å². The van der Waals surface area contributed by atoms with Crippen LogP contribution in [0.25, 0.3) is 0 Å². The molecule has 2 aliphatic rings. The molecule has 132 valence electrons. The normalized spacial score (nSPS) is 20.7. The Morgan fingerprint density at radius 3 is 2.24 bits per heavy atom. The van der Waals surface area contributed by atoms with Crippen molar-refractivity contribution < 1.29 is 4.74 Å². The highest BCUT2D eigenvalue weighted by Gasteiger charge is 2.39. The van der Waals surface area contributed by atoms with Crippen LogP contribution in [0.2, 0.25) is 0 Å². The molecule has 3 heteroatoms. The number of hydrogen-bond acceptors (Lipinski definition) is 3. The third-order valence-corrected chi connectivity index (χ3v) is 5.70. The smallest absolute Gasteiger partial charge is 0.0881 e. The molecule has 1 spiro atoms. The van der Waals surface area contributed by atoms with Gasteiger partial charge in [0.05, 0.1) is 12.2 Å². The summed E-state index contributed by atoms with van der Waals surface area (Å²) in [6.45, 7) is 6.33. The highest BCUT2D eigenvalue weighted by Crippen LogP contribution is 2.32. The maximum absolute atomic E-state index is 6.30. The summed E-state index contributed by atoms with van der Waals surface area (Å²) in [5.74, 6) is 0. The van der Waals surface area contributed by atoms with Crippen molar-refractivity contribution >= 4 is 5.69 Å². The van der Waals surface area contributed by atoms with Crippen LogP contribution < -0.4 is 4.90 Å². The standard InChI is InChI=1S/C22H28N2O/c1-3-7-20(8-4-1)11-14-23-15-12-22(13-16-23)19-24(17-18-25-22)21-9-5-2-6-10-21/h1-10H,11-19H2. The van der Waals surface area contributed by atoms with Crippen LogP contribution in [0.4, 0.5) is 5.69 Å². The zero-order valence-corrected chi connectivity index (χ0v) is 14.9. The van der Waals surface area contributed by atoms with Gasteiger partial charge in [-0.3, -0.25) is 0 Å². The lowest BCUT2D eigenvalue weighted by molar-refractivity contribution is -0.0909. The maximum atomic E-state index is 6.30. The van der Waals surface area contributed by atoms with Gasteiger partial charge in [0.15, 0.2) is 0 Å². The third kappa shape index (κ3) is 4.05. The van der Waals surface area contributed by atoms with Crippen LogP contribution >= 0.6 is 0 Å². The summed E-state index contributed by atoms with van der Waals surface area (Å²) in [5, 5.41) is 0. The molecule has 2 aromatic rings. The molecule has 2 saturated heterocycles. The Morgan fingerprint density at radius 1 is 0.840 bits per heavy atom. The van der Waals surface area contributed by atoms with E-state index >= 15 is 0 Å². The van der Waals surface area contributed by atoms with Crippen LogP contribution in [0.5, 0.6) is 0 Å². The van der Waals surface area contributed by atoms with Gasteiger partial charge in [0.1, 0.15) is 0 Å². The molecular weight excluding hydrogens is 308 g/mol. The first-order chi connectivity index (χ1) is 12.3. The average Bonchev–Trinajstić information content (AvgIpc) is 2.69. The van der Waals surface area contributed by atoms with E-state index in [0.717, 1.165) is 58.6 Å². The van der Waals surface area contributed by atoms with Gasteiger partial charge in [0.25, 0.3) is 0 Å². The molecule has 4 rings (SSSR count). The molecular formula is C22H28N2O. The van der Waals surface area contributed by atoms with Gasteiger partial charge >= 0.3 is 0 Å². The Hall–Kier alpha value is -1.84. The van der Waals surface area contributed by atoms with E-state index in [-0.39, 0.29) is 5.60 Å². The summed E-state index contributed by atoms with van der Waals surface area (Å²) in [4.78, 5) is 5.10. The Morgan fingerprint density at radius 2 is 1.52 bits per heavy atom. The SMILES string of the molecule is c1ccc(CCN2CCC3(CC2)CN(c2ccccc2)CCO3)cc1. The summed E-state index contributed by atoms with van der Waals surface area (Å²) in [6.07, 6.45) is 3.43. The quantitative estimate of drug-likeness (QED) is 0.848. The van der Waals surface area contributed by atoms with Crippen molar-refractivity contribution in [1.29, 1.82) is 0 Å². The number of rotatable bonds is 4. The topological polar surface area (TPSA) is 15.7 Å². The van der Waals surface area contributed by atoms with Gasteiger partial charge in [-0.2, -0.15) is 0 Å². The third-order valence-electron chi connectivity index (χ3n) is 5.70. The van der Waals surface area contributed by atoms with E-state index in [1.54, 1.807) is 0 Å². The number of morpholine rings is 1. The van der Waals surface area contributed by atoms with Gasteiger partial charge in [-0.1, -0.05) is 48.5 Å². The number of nitrogens with zero attached hydrogens (tertiary/aromatic N) is 2. The minimum atomic E-state index is 0.0529. The van der Waals surface area contributed by atoms with Crippen LogP contribution in [0, 0.1) is 0 Å². The molecule has 25 heavy (non-hydrogen) atoms. The number of para-hydroxylation sites is 1. The van der Waals surface area contributed by atoms with Gasteiger partial charge in [0.2, 0.25) is 0 Å². The average molecular weight is 336 g/mol. The van der Waals surface area contributed by atoms with Crippen LogP contribution in [-0.2, 0) is 11.2 Å². The Labute approximate surface area is 151 Å². The number of likely N-dealkylation sites (tertiary alicyclic amines) is 1. The van der Waals surface area contributed by atoms with Crippen molar-refractivity contribution in [3.63, 3.8) is 0 Å². The first-order valence-electron chi connectivity index (χ1n) is 9.53. The molecule has 2 heterocycles. The molecule has 2 aromatic carbocycles. The number of hydrogen-bond donors (Lipinski definition) is 0. The minimum absolute atomic E-state index is 0.0529. The second kappa shape index (κ2) is 7.59. The molecule has 0 amide bonds. The zero-order chi connectivity index (χ0) is 17.0. The number of benzene rings is 2. The molecule has 0 saturated carbocycles. The second-order valence-corrected chi connectivity index (χ2v) is 7.37. The van der Waals surface area contributed by atoms with Crippen LogP contribution in [0.15, 0.2) is 60.7 Å². The van der Waals surface area contributed by atoms with Gasteiger partial charge < -0.3 is 14.5 Å². The first kappa shape index (κ1) is 16.6. The van der Waals surface area contributed by atoms with Gasteiger partial charge in [0, 0.05) is 38.4 Å². The lowest BCUT2D eigenvalue weighted by Gasteiger charge is -2.48.